The number of aliphatic hydroxyl groups excluding tert-OH is 1. The third kappa shape index (κ3) is 3.95. The van der Waals surface area contributed by atoms with Crippen molar-refractivity contribution in [3.8, 4) is 0 Å². The lowest BCUT2D eigenvalue weighted by Crippen LogP contribution is -2.28. The maximum Gasteiger partial charge on any atom is 0.0636 e. The zero-order valence-electron chi connectivity index (χ0n) is 9.50. The molecule has 1 aromatic rings. The van der Waals surface area contributed by atoms with Crippen molar-refractivity contribution < 1.29 is 5.11 Å². The molecule has 0 radical (unpaired) electrons. The average molecular weight is 262 g/mol. The predicted molar refractivity (Wildman–Crippen MR) is 69.2 cm³/mol. The molecule has 1 rings (SSSR count). The van der Waals surface area contributed by atoms with Gasteiger partial charge in [0.25, 0.3) is 0 Å². The molecule has 0 aliphatic carbocycles. The molecule has 2 nitrogen and oxygen atoms in total. The summed E-state index contributed by atoms with van der Waals surface area (Å²) in [6, 6.07) is 5.65. The average Bonchev–Trinajstić information content (AvgIpc) is 2.21. The van der Waals surface area contributed by atoms with Crippen molar-refractivity contribution >= 4 is 23.2 Å². The van der Waals surface area contributed by atoms with Gasteiger partial charge in [0, 0.05) is 22.6 Å². The van der Waals surface area contributed by atoms with Gasteiger partial charge in [-0.3, -0.25) is 0 Å². The maximum atomic E-state index is 9.24. The number of rotatable bonds is 5. The van der Waals surface area contributed by atoms with E-state index in [2.05, 4.69) is 12.2 Å². The Hall–Kier alpha value is -0.280. The smallest absolute Gasteiger partial charge is 0.0636 e. The fraction of sp³-hybridized carbons (Fsp3) is 0.500. The first-order chi connectivity index (χ1) is 7.54. The Kier molecular flexibility index (Phi) is 5.56. The molecule has 90 valence electrons. The van der Waals surface area contributed by atoms with Crippen LogP contribution in [0.5, 0.6) is 0 Å². The Labute approximate surface area is 107 Å². The second-order valence-electron chi connectivity index (χ2n) is 3.88. The van der Waals surface area contributed by atoms with Crippen molar-refractivity contribution in [2.24, 2.45) is 0 Å². The standard InChI is InChI=1S/C12H17Cl2NO/c1-3-12(15-7-8(2)16)10-5-4-9(13)6-11(10)14/h4-6,8,12,15-16H,3,7H2,1-2H3/t8-,12?/m1/s1. The van der Waals surface area contributed by atoms with E-state index in [9.17, 15) is 5.11 Å². The van der Waals surface area contributed by atoms with Crippen LogP contribution >= 0.6 is 23.2 Å². The Morgan fingerprint density at radius 1 is 1.38 bits per heavy atom. The van der Waals surface area contributed by atoms with Crippen molar-refractivity contribution in [3.05, 3.63) is 33.8 Å². The summed E-state index contributed by atoms with van der Waals surface area (Å²) >= 11 is 12.0. The number of aliphatic hydroxyl groups is 1. The molecule has 0 amide bonds. The molecule has 0 saturated carbocycles. The topological polar surface area (TPSA) is 32.3 Å². The third-order valence-electron chi connectivity index (χ3n) is 2.41. The van der Waals surface area contributed by atoms with Crippen LogP contribution in [0.2, 0.25) is 10.0 Å². The normalized spacial score (nSPS) is 14.8. The van der Waals surface area contributed by atoms with Gasteiger partial charge in [-0.2, -0.15) is 0 Å². The first-order valence-electron chi connectivity index (χ1n) is 5.41. The van der Waals surface area contributed by atoms with E-state index >= 15 is 0 Å². The number of hydrogen-bond acceptors (Lipinski definition) is 2. The minimum absolute atomic E-state index is 0.152. The van der Waals surface area contributed by atoms with Gasteiger partial charge >= 0.3 is 0 Å². The van der Waals surface area contributed by atoms with E-state index < -0.39 is 0 Å². The van der Waals surface area contributed by atoms with Crippen LogP contribution in [0.3, 0.4) is 0 Å². The van der Waals surface area contributed by atoms with Crippen LogP contribution in [0.25, 0.3) is 0 Å². The highest BCUT2D eigenvalue weighted by molar-refractivity contribution is 6.35. The molecular formula is C12H17Cl2NO. The highest BCUT2D eigenvalue weighted by atomic mass is 35.5. The molecule has 1 aromatic carbocycles. The monoisotopic (exact) mass is 261 g/mol. The zero-order chi connectivity index (χ0) is 12.1. The van der Waals surface area contributed by atoms with Gasteiger partial charge in [-0.15, -0.1) is 0 Å². The fourth-order valence-corrected chi connectivity index (χ4v) is 2.11. The molecule has 0 spiro atoms. The lowest BCUT2D eigenvalue weighted by molar-refractivity contribution is 0.185. The van der Waals surface area contributed by atoms with Gasteiger partial charge in [-0.05, 0) is 31.0 Å². The lowest BCUT2D eigenvalue weighted by Gasteiger charge is -2.19. The van der Waals surface area contributed by atoms with E-state index in [-0.39, 0.29) is 12.1 Å². The van der Waals surface area contributed by atoms with E-state index in [0.29, 0.717) is 16.6 Å². The lowest BCUT2D eigenvalue weighted by atomic mass is 10.0. The summed E-state index contributed by atoms with van der Waals surface area (Å²) in [5.74, 6) is 0. The summed E-state index contributed by atoms with van der Waals surface area (Å²) in [4.78, 5) is 0. The van der Waals surface area contributed by atoms with Gasteiger partial charge in [-0.1, -0.05) is 36.2 Å². The van der Waals surface area contributed by atoms with Crippen molar-refractivity contribution in [2.45, 2.75) is 32.4 Å². The van der Waals surface area contributed by atoms with Crippen molar-refractivity contribution in [1.29, 1.82) is 0 Å². The van der Waals surface area contributed by atoms with Crippen molar-refractivity contribution in [1.82, 2.24) is 5.32 Å². The molecule has 0 heterocycles. The molecule has 2 atom stereocenters. The maximum absolute atomic E-state index is 9.24. The van der Waals surface area contributed by atoms with Crippen LogP contribution in [-0.2, 0) is 0 Å². The number of halogens is 2. The molecule has 4 heteroatoms. The molecule has 0 bridgehead atoms. The SMILES string of the molecule is CCC(NC[C@@H](C)O)c1ccc(Cl)cc1Cl. The largest absolute Gasteiger partial charge is 0.392 e. The van der Waals surface area contributed by atoms with E-state index in [1.54, 1.807) is 13.0 Å². The molecule has 0 aliphatic rings. The summed E-state index contributed by atoms with van der Waals surface area (Å²) in [5.41, 5.74) is 1.02. The van der Waals surface area contributed by atoms with Gasteiger partial charge in [0.15, 0.2) is 0 Å². The molecule has 0 aromatic heterocycles. The van der Waals surface area contributed by atoms with E-state index in [1.165, 1.54) is 0 Å². The minimum atomic E-state index is -0.361. The van der Waals surface area contributed by atoms with Crippen LogP contribution in [0.4, 0.5) is 0 Å². The Balaban J connectivity index is 2.78. The van der Waals surface area contributed by atoms with Crippen LogP contribution in [0, 0.1) is 0 Å². The second-order valence-corrected chi connectivity index (χ2v) is 4.73. The summed E-state index contributed by atoms with van der Waals surface area (Å²) < 4.78 is 0. The Morgan fingerprint density at radius 3 is 2.56 bits per heavy atom. The summed E-state index contributed by atoms with van der Waals surface area (Å²) in [6.07, 6.45) is 0.550. The van der Waals surface area contributed by atoms with E-state index in [0.717, 1.165) is 12.0 Å². The fourth-order valence-electron chi connectivity index (χ4n) is 1.57. The molecule has 0 saturated heterocycles. The van der Waals surface area contributed by atoms with Gasteiger partial charge in [-0.25, -0.2) is 0 Å². The number of nitrogens with one attached hydrogen (secondary N) is 1. The number of hydrogen-bond donors (Lipinski definition) is 2. The second kappa shape index (κ2) is 6.45. The van der Waals surface area contributed by atoms with Gasteiger partial charge in [0.2, 0.25) is 0 Å². The first kappa shape index (κ1) is 13.8. The van der Waals surface area contributed by atoms with Crippen LogP contribution in [0.1, 0.15) is 31.9 Å². The Bertz CT molecular complexity index is 342. The van der Waals surface area contributed by atoms with E-state index in [4.69, 9.17) is 23.2 Å². The zero-order valence-corrected chi connectivity index (χ0v) is 11.0. The molecule has 1 unspecified atom stereocenters. The van der Waals surface area contributed by atoms with Gasteiger partial charge in [0.1, 0.15) is 0 Å². The molecule has 2 N–H and O–H groups in total. The molecule has 0 aliphatic heterocycles. The predicted octanol–water partition coefficient (Wildman–Crippen LogP) is 3.41. The summed E-state index contributed by atoms with van der Waals surface area (Å²) in [5, 5.41) is 13.8. The highest BCUT2D eigenvalue weighted by Gasteiger charge is 2.13. The minimum Gasteiger partial charge on any atom is -0.392 e. The Morgan fingerprint density at radius 2 is 2.06 bits per heavy atom. The van der Waals surface area contributed by atoms with Gasteiger partial charge in [0.05, 0.1) is 6.10 Å². The number of benzene rings is 1. The van der Waals surface area contributed by atoms with Crippen LogP contribution < -0.4 is 5.32 Å². The summed E-state index contributed by atoms with van der Waals surface area (Å²) in [7, 11) is 0. The first-order valence-corrected chi connectivity index (χ1v) is 6.16. The van der Waals surface area contributed by atoms with E-state index in [1.807, 2.05) is 12.1 Å². The molecule has 16 heavy (non-hydrogen) atoms. The van der Waals surface area contributed by atoms with Crippen LogP contribution in [0.15, 0.2) is 18.2 Å². The van der Waals surface area contributed by atoms with Crippen molar-refractivity contribution in [2.75, 3.05) is 6.54 Å². The highest BCUT2D eigenvalue weighted by Crippen LogP contribution is 2.27. The third-order valence-corrected chi connectivity index (χ3v) is 2.97. The van der Waals surface area contributed by atoms with Gasteiger partial charge < -0.3 is 10.4 Å². The van der Waals surface area contributed by atoms with Crippen molar-refractivity contribution in [3.63, 3.8) is 0 Å². The molecule has 0 fully saturated rings. The molecular weight excluding hydrogens is 245 g/mol. The van der Waals surface area contributed by atoms with Crippen LogP contribution in [-0.4, -0.2) is 17.8 Å². The quantitative estimate of drug-likeness (QED) is 0.852. The summed E-state index contributed by atoms with van der Waals surface area (Å²) in [6.45, 7) is 4.38.